The molecule has 3 N–H and O–H groups in total. The highest BCUT2D eigenvalue weighted by Gasteiger charge is 2.02. The second-order valence-corrected chi connectivity index (χ2v) is 3.03. The Morgan fingerprint density at radius 3 is 1.94 bits per heavy atom. The van der Waals surface area contributed by atoms with Gasteiger partial charge in [0.15, 0.2) is 0 Å². The van der Waals surface area contributed by atoms with E-state index in [0.29, 0.717) is 13.0 Å². The zero-order chi connectivity index (χ0) is 13.0. The lowest BCUT2D eigenvalue weighted by atomic mass is 10.2. The van der Waals surface area contributed by atoms with Crippen LogP contribution < -0.4 is 0 Å². The van der Waals surface area contributed by atoms with Crippen molar-refractivity contribution in [2.75, 3.05) is 19.8 Å². The fourth-order valence-corrected chi connectivity index (χ4v) is 0.569. The lowest BCUT2D eigenvalue weighted by Crippen LogP contribution is -2.15. The summed E-state index contributed by atoms with van der Waals surface area (Å²) < 4.78 is 4.60. The third-order valence-corrected chi connectivity index (χ3v) is 1.41. The maximum atomic E-state index is 10.6. The van der Waals surface area contributed by atoms with Crippen LogP contribution in [0, 0.1) is 0 Å². The van der Waals surface area contributed by atoms with E-state index in [1.54, 1.807) is 6.92 Å². The van der Waals surface area contributed by atoms with Gasteiger partial charge in [-0.1, -0.05) is 0 Å². The molecule has 0 rings (SSSR count). The molecule has 6 heteroatoms. The number of hydrogen-bond donors (Lipinski definition) is 3. The first-order valence-electron chi connectivity index (χ1n) is 5.02. The van der Waals surface area contributed by atoms with E-state index in [1.807, 2.05) is 0 Å². The molecule has 0 aromatic rings. The molecule has 0 atom stereocenters. The van der Waals surface area contributed by atoms with Gasteiger partial charge in [-0.25, -0.2) is 0 Å². The van der Waals surface area contributed by atoms with Crippen molar-refractivity contribution in [2.45, 2.75) is 32.8 Å². The summed E-state index contributed by atoms with van der Waals surface area (Å²) in [5, 5.41) is 24.0. The first-order chi connectivity index (χ1) is 7.47. The number of ether oxygens (including phenoxy) is 1. The summed E-state index contributed by atoms with van der Waals surface area (Å²) >= 11 is 0. The molecule has 0 saturated heterocycles. The third kappa shape index (κ3) is 15.5. The summed E-state index contributed by atoms with van der Waals surface area (Å²) in [6.45, 7) is 2.86. The van der Waals surface area contributed by atoms with Crippen LogP contribution in [0.1, 0.15) is 26.7 Å². The number of Topliss-reactive ketones (excluding diaryl/α,β-unsaturated/α-hetero) is 1. The number of carbonyl (C=O) groups excluding carboxylic acids is 2. The van der Waals surface area contributed by atoms with Crippen LogP contribution in [0.4, 0.5) is 0 Å². The second kappa shape index (κ2) is 12.1. The van der Waals surface area contributed by atoms with Crippen LogP contribution in [0.5, 0.6) is 0 Å². The summed E-state index contributed by atoms with van der Waals surface area (Å²) in [5.74, 6) is -0.272. The predicted molar refractivity (Wildman–Crippen MR) is 56.7 cm³/mol. The maximum absolute atomic E-state index is 10.6. The molecule has 96 valence electrons. The molecule has 16 heavy (non-hydrogen) atoms. The van der Waals surface area contributed by atoms with Gasteiger partial charge in [0.25, 0.3) is 0 Å². The van der Waals surface area contributed by atoms with Crippen molar-refractivity contribution in [3.8, 4) is 0 Å². The van der Waals surface area contributed by atoms with Crippen molar-refractivity contribution in [3.05, 3.63) is 0 Å². The molecule has 6 nitrogen and oxygen atoms in total. The number of aliphatic hydroxyl groups is 3. The van der Waals surface area contributed by atoms with Crippen LogP contribution in [-0.2, 0) is 14.3 Å². The molecule has 0 aliphatic carbocycles. The van der Waals surface area contributed by atoms with E-state index in [-0.39, 0.29) is 31.4 Å². The average Bonchev–Trinajstić information content (AvgIpc) is 2.26. The van der Waals surface area contributed by atoms with Crippen LogP contribution in [0.25, 0.3) is 0 Å². The van der Waals surface area contributed by atoms with E-state index in [9.17, 15) is 9.59 Å². The minimum absolute atomic E-state index is 0.0213. The van der Waals surface area contributed by atoms with Crippen molar-refractivity contribution in [3.63, 3.8) is 0 Å². The van der Waals surface area contributed by atoms with Crippen molar-refractivity contribution in [1.82, 2.24) is 0 Å². The Kier molecular flexibility index (Phi) is 13.2. The molecule has 0 spiro atoms. The number of rotatable bonds is 6. The van der Waals surface area contributed by atoms with Gasteiger partial charge in [0.2, 0.25) is 0 Å². The monoisotopic (exact) mass is 236 g/mol. The van der Waals surface area contributed by atoms with Crippen molar-refractivity contribution >= 4 is 11.8 Å². The summed E-state index contributed by atoms with van der Waals surface area (Å²) in [6, 6.07) is 0. The van der Waals surface area contributed by atoms with Crippen molar-refractivity contribution in [2.24, 2.45) is 0 Å². The maximum Gasteiger partial charge on any atom is 0.306 e. The molecule has 0 bridgehead atoms. The van der Waals surface area contributed by atoms with Crippen molar-refractivity contribution < 1.29 is 29.6 Å². The van der Waals surface area contributed by atoms with Crippen LogP contribution in [0.2, 0.25) is 0 Å². The van der Waals surface area contributed by atoms with Gasteiger partial charge in [-0.05, 0) is 13.8 Å². The predicted octanol–water partition coefficient (Wildman–Crippen LogP) is -0.749. The smallest absolute Gasteiger partial charge is 0.306 e. The number of ketones is 1. The lowest BCUT2D eigenvalue weighted by Gasteiger charge is -1.97. The molecule has 0 aliphatic rings. The molecular weight excluding hydrogens is 216 g/mol. The third-order valence-electron chi connectivity index (χ3n) is 1.41. The average molecular weight is 236 g/mol. The molecule has 0 aliphatic heterocycles. The van der Waals surface area contributed by atoms with Gasteiger partial charge in [0.05, 0.1) is 26.2 Å². The summed E-state index contributed by atoms with van der Waals surface area (Å²) in [5.41, 5.74) is 0. The highest BCUT2D eigenvalue weighted by atomic mass is 16.5. The zero-order valence-electron chi connectivity index (χ0n) is 9.68. The van der Waals surface area contributed by atoms with Gasteiger partial charge in [-0.3, -0.25) is 4.79 Å². The van der Waals surface area contributed by atoms with Gasteiger partial charge in [0, 0.05) is 6.42 Å². The normalized spacial score (nSPS) is 9.38. The second-order valence-electron chi connectivity index (χ2n) is 3.03. The SMILES string of the molecule is CCOC(=O)CCC(C)=O.OCC(O)CO. The Hall–Kier alpha value is -0.980. The van der Waals surface area contributed by atoms with Gasteiger partial charge < -0.3 is 24.9 Å². The molecule has 0 heterocycles. The Morgan fingerprint density at radius 2 is 1.69 bits per heavy atom. The number of aliphatic hydroxyl groups excluding tert-OH is 3. The van der Waals surface area contributed by atoms with Gasteiger partial charge in [0.1, 0.15) is 11.9 Å². The number of esters is 1. The van der Waals surface area contributed by atoms with E-state index < -0.39 is 6.10 Å². The number of carbonyl (C=O) groups is 2. The lowest BCUT2D eigenvalue weighted by molar-refractivity contribution is -0.144. The van der Waals surface area contributed by atoms with E-state index >= 15 is 0 Å². The summed E-state index contributed by atoms with van der Waals surface area (Å²) in [4.78, 5) is 20.9. The standard InChI is InChI=1S/C7H12O3.C3H8O3/c1-3-10-7(9)5-4-6(2)8;4-1-3(6)2-5/h3-5H2,1-2H3;3-6H,1-2H2. The molecule has 0 radical (unpaired) electrons. The van der Waals surface area contributed by atoms with Crippen LogP contribution >= 0.6 is 0 Å². The van der Waals surface area contributed by atoms with E-state index in [1.165, 1.54) is 6.92 Å². The zero-order valence-corrected chi connectivity index (χ0v) is 9.68. The quantitative estimate of drug-likeness (QED) is 0.524. The molecule has 0 amide bonds. The molecule has 0 unspecified atom stereocenters. The van der Waals surface area contributed by atoms with Gasteiger partial charge >= 0.3 is 5.97 Å². The minimum Gasteiger partial charge on any atom is -0.466 e. The highest BCUT2D eigenvalue weighted by Crippen LogP contribution is 1.92. The Labute approximate surface area is 94.8 Å². The minimum atomic E-state index is -0.954. The topological polar surface area (TPSA) is 104 Å². The molecule has 0 fully saturated rings. The summed E-state index contributed by atoms with van der Waals surface area (Å²) in [6.07, 6.45) is -0.452. The van der Waals surface area contributed by atoms with E-state index in [2.05, 4.69) is 4.74 Å². The first-order valence-corrected chi connectivity index (χ1v) is 5.02. The van der Waals surface area contributed by atoms with E-state index in [0.717, 1.165) is 0 Å². The first kappa shape index (κ1) is 17.4. The van der Waals surface area contributed by atoms with Crippen LogP contribution in [-0.4, -0.2) is 53.0 Å². The Bertz CT molecular complexity index is 188. The summed E-state index contributed by atoms with van der Waals surface area (Å²) in [7, 11) is 0. The fraction of sp³-hybridized carbons (Fsp3) is 0.800. The van der Waals surface area contributed by atoms with Crippen molar-refractivity contribution in [1.29, 1.82) is 0 Å². The Balaban J connectivity index is 0. The van der Waals surface area contributed by atoms with Crippen LogP contribution in [0.3, 0.4) is 0 Å². The largest absolute Gasteiger partial charge is 0.466 e. The molecule has 0 saturated carbocycles. The van der Waals surface area contributed by atoms with Crippen LogP contribution in [0.15, 0.2) is 0 Å². The fourth-order valence-electron chi connectivity index (χ4n) is 0.569. The highest BCUT2D eigenvalue weighted by molar-refractivity contribution is 5.80. The van der Waals surface area contributed by atoms with Gasteiger partial charge in [-0.15, -0.1) is 0 Å². The van der Waals surface area contributed by atoms with Gasteiger partial charge in [-0.2, -0.15) is 0 Å². The molecule has 0 aromatic carbocycles. The molecular formula is C10H20O6. The van der Waals surface area contributed by atoms with E-state index in [4.69, 9.17) is 15.3 Å². The number of hydrogen-bond acceptors (Lipinski definition) is 6. The Morgan fingerprint density at radius 1 is 1.19 bits per heavy atom. The molecule has 0 aromatic heterocycles.